The minimum Gasteiger partial charge on any atom is -0.264 e. The van der Waals surface area contributed by atoms with E-state index in [1.54, 1.807) is 28.8 Å². The molecule has 1 aliphatic rings. The maximum Gasteiger partial charge on any atom is 0.243 e. The van der Waals surface area contributed by atoms with Crippen LogP contribution in [-0.4, -0.2) is 30.8 Å². The number of benzene rings is 1. The molecule has 0 bridgehead atoms. The number of nitrogens with zero attached hydrogens (tertiary/aromatic N) is 2. The number of hydrogen-bond acceptors (Lipinski definition) is 3. The van der Waals surface area contributed by atoms with Crippen LogP contribution in [0.5, 0.6) is 0 Å². The molecule has 0 unspecified atom stereocenters. The second kappa shape index (κ2) is 5.34. The highest BCUT2D eigenvalue weighted by molar-refractivity contribution is 7.89. The molecule has 0 amide bonds. The van der Waals surface area contributed by atoms with Gasteiger partial charge in [-0.05, 0) is 42.2 Å². The standard InChI is InChI=1S/C15H16N2O2S/c18-20(19,17-10-1-2-11-17)15-7-5-13(6-8-15)14-4-3-9-16-12-14/h3-9,12H,1-2,10-11H2. The molecule has 5 heteroatoms. The van der Waals surface area contributed by atoms with Gasteiger partial charge < -0.3 is 0 Å². The van der Waals surface area contributed by atoms with Crippen LogP contribution in [0, 0.1) is 0 Å². The van der Waals surface area contributed by atoms with E-state index in [1.807, 2.05) is 24.3 Å². The summed E-state index contributed by atoms with van der Waals surface area (Å²) in [6.45, 7) is 1.26. The molecular formula is C15H16N2O2S. The van der Waals surface area contributed by atoms with Crippen molar-refractivity contribution in [2.24, 2.45) is 0 Å². The number of pyridine rings is 1. The van der Waals surface area contributed by atoms with Gasteiger partial charge in [0.05, 0.1) is 4.90 Å². The van der Waals surface area contributed by atoms with E-state index in [-0.39, 0.29) is 0 Å². The lowest BCUT2D eigenvalue weighted by molar-refractivity contribution is 0.477. The smallest absolute Gasteiger partial charge is 0.243 e. The van der Waals surface area contributed by atoms with Gasteiger partial charge in [-0.2, -0.15) is 4.31 Å². The number of aromatic nitrogens is 1. The van der Waals surface area contributed by atoms with Crippen LogP contribution in [0.1, 0.15) is 12.8 Å². The predicted molar refractivity (Wildman–Crippen MR) is 77.7 cm³/mol. The van der Waals surface area contributed by atoms with Gasteiger partial charge in [0.25, 0.3) is 0 Å². The third-order valence-corrected chi connectivity index (χ3v) is 5.46. The first-order chi connectivity index (χ1) is 9.68. The molecule has 0 saturated carbocycles. The third-order valence-electron chi connectivity index (χ3n) is 3.55. The summed E-state index contributed by atoms with van der Waals surface area (Å²) in [4.78, 5) is 4.44. The lowest BCUT2D eigenvalue weighted by Crippen LogP contribution is -2.27. The van der Waals surface area contributed by atoms with Gasteiger partial charge in [0.2, 0.25) is 10.0 Å². The zero-order valence-corrected chi connectivity index (χ0v) is 11.9. The van der Waals surface area contributed by atoms with Gasteiger partial charge >= 0.3 is 0 Å². The Bertz CT molecular complexity index is 676. The summed E-state index contributed by atoms with van der Waals surface area (Å²) in [6, 6.07) is 10.8. The highest BCUT2D eigenvalue weighted by Crippen LogP contribution is 2.24. The lowest BCUT2D eigenvalue weighted by Gasteiger charge is -2.15. The average Bonchev–Trinajstić information content (AvgIpc) is 3.03. The summed E-state index contributed by atoms with van der Waals surface area (Å²) in [7, 11) is -3.32. The van der Waals surface area contributed by atoms with Gasteiger partial charge in [-0.15, -0.1) is 0 Å². The van der Waals surface area contributed by atoms with Gasteiger partial charge in [0, 0.05) is 25.5 Å². The van der Waals surface area contributed by atoms with Crippen molar-refractivity contribution in [1.82, 2.24) is 9.29 Å². The van der Waals surface area contributed by atoms with Crippen molar-refractivity contribution in [2.75, 3.05) is 13.1 Å². The Morgan fingerprint density at radius 3 is 2.25 bits per heavy atom. The molecule has 0 N–H and O–H groups in total. The molecule has 20 heavy (non-hydrogen) atoms. The van der Waals surface area contributed by atoms with Gasteiger partial charge in [0.1, 0.15) is 0 Å². The molecule has 1 aromatic heterocycles. The normalized spacial score (nSPS) is 16.4. The summed E-state index contributed by atoms with van der Waals surface area (Å²) >= 11 is 0. The molecule has 2 aromatic rings. The SMILES string of the molecule is O=S(=O)(c1ccc(-c2cccnc2)cc1)N1CCCC1. The average molecular weight is 288 g/mol. The van der Waals surface area contributed by atoms with Gasteiger partial charge in [-0.25, -0.2) is 8.42 Å². The highest BCUT2D eigenvalue weighted by atomic mass is 32.2. The molecule has 2 heterocycles. The fourth-order valence-corrected chi connectivity index (χ4v) is 3.95. The predicted octanol–water partition coefficient (Wildman–Crippen LogP) is 2.53. The molecule has 0 radical (unpaired) electrons. The number of hydrogen-bond donors (Lipinski definition) is 0. The van der Waals surface area contributed by atoms with Crippen molar-refractivity contribution in [1.29, 1.82) is 0 Å². The summed E-state index contributed by atoms with van der Waals surface area (Å²) < 4.78 is 26.4. The van der Waals surface area contributed by atoms with Crippen LogP contribution in [0.25, 0.3) is 11.1 Å². The van der Waals surface area contributed by atoms with E-state index in [0.717, 1.165) is 24.0 Å². The molecule has 1 aromatic carbocycles. The molecule has 0 aliphatic carbocycles. The minimum absolute atomic E-state index is 0.368. The van der Waals surface area contributed by atoms with Crippen molar-refractivity contribution in [3.63, 3.8) is 0 Å². The Labute approximate surface area is 119 Å². The van der Waals surface area contributed by atoms with E-state index in [2.05, 4.69) is 4.98 Å². The van der Waals surface area contributed by atoms with Crippen molar-refractivity contribution in [3.05, 3.63) is 48.8 Å². The van der Waals surface area contributed by atoms with E-state index >= 15 is 0 Å². The minimum atomic E-state index is -3.32. The number of rotatable bonds is 3. The second-order valence-electron chi connectivity index (χ2n) is 4.88. The molecule has 0 atom stereocenters. The topological polar surface area (TPSA) is 50.3 Å². The Morgan fingerprint density at radius 2 is 1.65 bits per heavy atom. The molecule has 0 spiro atoms. The summed E-state index contributed by atoms with van der Waals surface area (Å²) in [5.41, 5.74) is 1.95. The maximum atomic E-state index is 12.4. The van der Waals surface area contributed by atoms with Crippen LogP contribution < -0.4 is 0 Å². The zero-order chi connectivity index (χ0) is 14.0. The molecule has 104 valence electrons. The van der Waals surface area contributed by atoms with E-state index in [0.29, 0.717) is 18.0 Å². The molecule has 1 saturated heterocycles. The Balaban J connectivity index is 1.90. The van der Waals surface area contributed by atoms with Crippen molar-refractivity contribution >= 4 is 10.0 Å². The van der Waals surface area contributed by atoms with E-state index < -0.39 is 10.0 Å². The molecule has 4 nitrogen and oxygen atoms in total. The summed E-state index contributed by atoms with van der Waals surface area (Å²) in [6.07, 6.45) is 5.39. The van der Waals surface area contributed by atoms with Crippen LogP contribution in [0.4, 0.5) is 0 Å². The molecule has 3 rings (SSSR count). The monoisotopic (exact) mass is 288 g/mol. The Morgan fingerprint density at radius 1 is 0.950 bits per heavy atom. The fourth-order valence-electron chi connectivity index (χ4n) is 2.43. The van der Waals surface area contributed by atoms with Gasteiger partial charge in [-0.3, -0.25) is 4.98 Å². The van der Waals surface area contributed by atoms with Crippen molar-refractivity contribution in [3.8, 4) is 11.1 Å². The molecule has 1 fully saturated rings. The largest absolute Gasteiger partial charge is 0.264 e. The third kappa shape index (κ3) is 2.46. The van der Waals surface area contributed by atoms with E-state index in [9.17, 15) is 8.42 Å². The van der Waals surface area contributed by atoms with Crippen LogP contribution in [0.15, 0.2) is 53.7 Å². The van der Waals surface area contributed by atoms with Crippen molar-refractivity contribution < 1.29 is 8.42 Å². The van der Waals surface area contributed by atoms with E-state index in [4.69, 9.17) is 0 Å². The van der Waals surface area contributed by atoms with Crippen LogP contribution >= 0.6 is 0 Å². The second-order valence-corrected chi connectivity index (χ2v) is 6.82. The van der Waals surface area contributed by atoms with Gasteiger partial charge in [-0.1, -0.05) is 18.2 Å². The summed E-state index contributed by atoms with van der Waals surface area (Å²) in [5, 5.41) is 0. The highest BCUT2D eigenvalue weighted by Gasteiger charge is 2.26. The van der Waals surface area contributed by atoms with Crippen LogP contribution in [-0.2, 0) is 10.0 Å². The number of sulfonamides is 1. The summed E-state index contributed by atoms with van der Waals surface area (Å²) in [5.74, 6) is 0. The Hall–Kier alpha value is -1.72. The first kappa shape index (κ1) is 13.3. The maximum absolute atomic E-state index is 12.4. The van der Waals surface area contributed by atoms with Gasteiger partial charge in [0.15, 0.2) is 0 Å². The zero-order valence-electron chi connectivity index (χ0n) is 11.1. The first-order valence-electron chi connectivity index (χ1n) is 6.68. The lowest BCUT2D eigenvalue weighted by atomic mass is 10.1. The van der Waals surface area contributed by atoms with Crippen LogP contribution in [0.3, 0.4) is 0 Å². The first-order valence-corrected chi connectivity index (χ1v) is 8.12. The van der Waals surface area contributed by atoms with E-state index in [1.165, 1.54) is 0 Å². The van der Waals surface area contributed by atoms with Crippen LogP contribution in [0.2, 0.25) is 0 Å². The van der Waals surface area contributed by atoms with Crippen molar-refractivity contribution in [2.45, 2.75) is 17.7 Å². The quantitative estimate of drug-likeness (QED) is 0.872. The fraction of sp³-hybridized carbons (Fsp3) is 0.267. The molecule has 1 aliphatic heterocycles. The molecular weight excluding hydrogens is 272 g/mol. The Kier molecular flexibility index (Phi) is 3.54.